The molecule has 2 atom stereocenters. The maximum atomic E-state index is 5.49. The molecule has 1 aromatic heterocycles. The van der Waals surface area contributed by atoms with Crippen LogP contribution in [0.3, 0.4) is 0 Å². The van der Waals surface area contributed by atoms with Gasteiger partial charge in [0, 0.05) is 18.8 Å². The number of nitrogens with zero attached hydrogens (tertiary/aromatic N) is 2. The highest BCUT2D eigenvalue weighted by Crippen LogP contribution is 2.30. The first kappa shape index (κ1) is 13.1. The second kappa shape index (κ2) is 6.57. The van der Waals surface area contributed by atoms with E-state index in [1.807, 2.05) is 0 Å². The van der Waals surface area contributed by atoms with Crippen LogP contribution >= 0.6 is 0 Å². The summed E-state index contributed by atoms with van der Waals surface area (Å²) in [6.07, 6.45) is 6.73. The zero-order valence-electron chi connectivity index (χ0n) is 11.4. The fraction of sp³-hybridized carbons (Fsp3) is 0.714. The third-order valence-electron chi connectivity index (χ3n) is 3.44. The lowest BCUT2D eigenvalue weighted by Gasteiger charge is -2.11. The Balaban J connectivity index is 1.81. The number of hydrogen-bond donors (Lipinski definition) is 1. The third-order valence-corrected chi connectivity index (χ3v) is 3.44. The summed E-state index contributed by atoms with van der Waals surface area (Å²) in [5, 5.41) is 3.32. The monoisotopic (exact) mass is 249 g/mol. The summed E-state index contributed by atoms with van der Waals surface area (Å²) in [5.41, 5.74) is 0. The fourth-order valence-corrected chi connectivity index (χ4v) is 2.46. The molecule has 100 valence electrons. The van der Waals surface area contributed by atoms with Gasteiger partial charge in [0.15, 0.2) is 0 Å². The highest BCUT2D eigenvalue weighted by Gasteiger charge is 2.21. The molecule has 1 saturated carbocycles. The summed E-state index contributed by atoms with van der Waals surface area (Å²) in [5.74, 6) is 2.98. The molecular weight excluding hydrogens is 226 g/mol. The molecule has 2 rings (SSSR count). The van der Waals surface area contributed by atoms with Gasteiger partial charge in [-0.05, 0) is 31.1 Å². The van der Waals surface area contributed by atoms with E-state index in [0.717, 1.165) is 24.8 Å². The molecule has 0 spiro atoms. The Morgan fingerprint density at radius 1 is 1.44 bits per heavy atom. The van der Waals surface area contributed by atoms with E-state index in [9.17, 15) is 0 Å². The number of anilines is 1. The number of ether oxygens (including phenoxy) is 1. The largest absolute Gasteiger partial charge is 0.478 e. The minimum atomic E-state index is 0.661. The van der Waals surface area contributed by atoms with Crippen molar-refractivity contribution in [2.75, 3.05) is 18.5 Å². The van der Waals surface area contributed by atoms with Crippen LogP contribution in [0, 0.1) is 11.8 Å². The van der Waals surface area contributed by atoms with Crippen molar-refractivity contribution in [1.29, 1.82) is 0 Å². The number of nitrogens with one attached hydrogen (secondary N) is 1. The Morgan fingerprint density at radius 2 is 2.33 bits per heavy atom. The molecule has 1 fully saturated rings. The predicted molar refractivity (Wildman–Crippen MR) is 72.8 cm³/mol. The van der Waals surface area contributed by atoms with Crippen molar-refractivity contribution in [2.24, 2.45) is 11.8 Å². The van der Waals surface area contributed by atoms with E-state index in [0.29, 0.717) is 18.4 Å². The standard InChI is InChI=1S/C14H23N3O/c1-3-8-18-13-6-7-15-14(17-13)16-10-12-5-4-11(2)9-12/h6-7,11-12H,3-5,8-10H2,1-2H3,(H,15,16,17). The van der Waals surface area contributed by atoms with Crippen molar-refractivity contribution in [3.8, 4) is 5.88 Å². The lowest BCUT2D eigenvalue weighted by atomic mass is 10.1. The summed E-state index contributed by atoms with van der Waals surface area (Å²) in [4.78, 5) is 8.57. The van der Waals surface area contributed by atoms with Crippen molar-refractivity contribution in [2.45, 2.75) is 39.5 Å². The van der Waals surface area contributed by atoms with Crippen LogP contribution in [0.4, 0.5) is 5.95 Å². The zero-order chi connectivity index (χ0) is 12.8. The van der Waals surface area contributed by atoms with Gasteiger partial charge in [-0.15, -0.1) is 0 Å². The summed E-state index contributed by atoms with van der Waals surface area (Å²) in [6.45, 7) is 6.09. The van der Waals surface area contributed by atoms with Gasteiger partial charge in [-0.1, -0.05) is 20.3 Å². The minimum absolute atomic E-state index is 0.661. The lowest BCUT2D eigenvalue weighted by molar-refractivity contribution is 0.305. The molecule has 1 heterocycles. The molecule has 0 aliphatic heterocycles. The Bertz CT molecular complexity index is 370. The van der Waals surface area contributed by atoms with Crippen LogP contribution in [0.25, 0.3) is 0 Å². The Kier molecular flexibility index (Phi) is 4.79. The van der Waals surface area contributed by atoms with Crippen LogP contribution in [0.5, 0.6) is 5.88 Å². The summed E-state index contributed by atoms with van der Waals surface area (Å²) in [6, 6.07) is 1.80. The summed E-state index contributed by atoms with van der Waals surface area (Å²) in [7, 11) is 0. The van der Waals surface area contributed by atoms with Crippen LogP contribution in [-0.2, 0) is 0 Å². The van der Waals surface area contributed by atoms with Crippen LogP contribution in [0.2, 0.25) is 0 Å². The average molecular weight is 249 g/mol. The molecule has 1 aliphatic carbocycles. The molecule has 0 bridgehead atoms. The van der Waals surface area contributed by atoms with Gasteiger partial charge in [0.25, 0.3) is 0 Å². The van der Waals surface area contributed by atoms with Gasteiger partial charge in [0.1, 0.15) is 0 Å². The SMILES string of the molecule is CCCOc1ccnc(NCC2CCC(C)C2)n1. The van der Waals surface area contributed by atoms with Crippen molar-refractivity contribution >= 4 is 5.95 Å². The van der Waals surface area contributed by atoms with E-state index in [-0.39, 0.29) is 0 Å². The van der Waals surface area contributed by atoms with Crippen LogP contribution in [0.15, 0.2) is 12.3 Å². The minimum Gasteiger partial charge on any atom is -0.478 e. The van der Waals surface area contributed by atoms with E-state index in [4.69, 9.17) is 4.74 Å². The van der Waals surface area contributed by atoms with E-state index in [2.05, 4.69) is 29.1 Å². The molecule has 18 heavy (non-hydrogen) atoms. The average Bonchev–Trinajstić information content (AvgIpc) is 2.80. The molecule has 1 N–H and O–H groups in total. The maximum absolute atomic E-state index is 5.49. The van der Waals surface area contributed by atoms with Gasteiger partial charge in [0.2, 0.25) is 11.8 Å². The summed E-state index contributed by atoms with van der Waals surface area (Å²) < 4.78 is 5.49. The first-order valence-electron chi connectivity index (χ1n) is 6.97. The summed E-state index contributed by atoms with van der Waals surface area (Å²) >= 11 is 0. The Morgan fingerprint density at radius 3 is 3.06 bits per heavy atom. The number of aromatic nitrogens is 2. The first-order chi connectivity index (χ1) is 8.78. The first-order valence-corrected chi connectivity index (χ1v) is 6.97. The molecule has 2 unspecified atom stereocenters. The molecule has 0 amide bonds. The second-order valence-corrected chi connectivity index (χ2v) is 5.23. The second-order valence-electron chi connectivity index (χ2n) is 5.23. The maximum Gasteiger partial charge on any atom is 0.225 e. The van der Waals surface area contributed by atoms with Gasteiger partial charge in [-0.25, -0.2) is 4.98 Å². The van der Waals surface area contributed by atoms with Crippen molar-refractivity contribution < 1.29 is 4.74 Å². The van der Waals surface area contributed by atoms with Gasteiger partial charge in [-0.3, -0.25) is 0 Å². The third kappa shape index (κ3) is 3.86. The Labute approximate surface area is 109 Å². The fourth-order valence-electron chi connectivity index (χ4n) is 2.46. The van der Waals surface area contributed by atoms with Gasteiger partial charge in [-0.2, -0.15) is 4.98 Å². The van der Waals surface area contributed by atoms with Crippen molar-refractivity contribution in [3.63, 3.8) is 0 Å². The van der Waals surface area contributed by atoms with E-state index in [1.54, 1.807) is 12.3 Å². The quantitative estimate of drug-likeness (QED) is 0.841. The molecule has 0 saturated heterocycles. The van der Waals surface area contributed by atoms with Crippen molar-refractivity contribution in [3.05, 3.63) is 12.3 Å². The number of rotatable bonds is 6. The van der Waals surface area contributed by atoms with Gasteiger partial charge >= 0.3 is 0 Å². The van der Waals surface area contributed by atoms with Crippen LogP contribution in [-0.4, -0.2) is 23.1 Å². The topological polar surface area (TPSA) is 47.0 Å². The van der Waals surface area contributed by atoms with E-state index < -0.39 is 0 Å². The lowest BCUT2D eigenvalue weighted by Crippen LogP contribution is -2.13. The zero-order valence-corrected chi connectivity index (χ0v) is 11.4. The van der Waals surface area contributed by atoms with Crippen LogP contribution in [0.1, 0.15) is 39.5 Å². The highest BCUT2D eigenvalue weighted by atomic mass is 16.5. The molecule has 4 heteroatoms. The number of hydrogen-bond acceptors (Lipinski definition) is 4. The van der Waals surface area contributed by atoms with E-state index in [1.165, 1.54) is 19.3 Å². The molecule has 1 aliphatic rings. The van der Waals surface area contributed by atoms with E-state index >= 15 is 0 Å². The smallest absolute Gasteiger partial charge is 0.225 e. The van der Waals surface area contributed by atoms with Crippen molar-refractivity contribution in [1.82, 2.24) is 9.97 Å². The molecule has 0 aromatic carbocycles. The predicted octanol–water partition coefficient (Wildman–Crippen LogP) is 3.11. The molecular formula is C14H23N3O. The van der Waals surface area contributed by atoms with Crippen LogP contribution < -0.4 is 10.1 Å². The molecule has 4 nitrogen and oxygen atoms in total. The van der Waals surface area contributed by atoms with Gasteiger partial charge in [0.05, 0.1) is 6.61 Å². The normalized spacial score (nSPS) is 23.0. The van der Waals surface area contributed by atoms with Gasteiger partial charge < -0.3 is 10.1 Å². The highest BCUT2D eigenvalue weighted by molar-refractivity contribution is 5.27. The Hall–Kier alpha value is -1.32. The molecule has 0 radical (unpaired) electrons. The molecule has 1 aromatic rings.